The third kappa shape index (κ3) is 4.43. The summed E-state index contributed by atoms with van der Waals surface area (Å²) in [6.07, 6.45) is 3.06. The second kappa shape index (κ2) is 9.32. The predicted octanol–water partition coefficient (Wildman–Crippen LogP) is 4.10. The van der Waals surface area contributed by atoms with E-state index in [0.29, 0.717) is 16.9 Å². The highest BCUT2D eigenvalue weighted by Gasteiger charge is 2.18. The lowest BCUT2D eigenvalue weighted by atomic mass is 9.99. The fraction of sp³-hybridized carbons (Fsp3) is 0.0769. The van der Waals surface area contributed by atoms with E-state index in [4.69, 9.17) is 4.74 Å². The number of aromatic nitrogens is 4. The molecule has 0 radical (unpaired) electrons. The highest BCUT2D eigenvalue weighted by Crippen LogP contribution is 2.24. The first-order chi connectivity index (χ1) is 16.3. The highest BCUT2D eigenvalue weighted by atomic mass is 16.5. The minimum absolute atomic E-state index is 0.182. The van der Waals surface area contributed by atoms with Gasteiger partial charge in [-0.15, -0.1) is 0 Å². The molecule has 0 unspecified atom stereocenters. The number of para-hydroxylation sites is 1. The van der Waals surface area contributed by atoms with Crippen LogP contribution in [0.25, 0.3) is 16.7 Å². The molecule has 7 heteroatoms. The van der Waals surface area contributed by atoms with Crippen molar-refractivity contribution in [2.75, 3.05) is 6.61 Å². The second-order valence-corrected chi connectivity index (χ2v) is 7.42. The van der Waals surface area contributed by atoms with Crippen molar-refractivity contribution in [3.05, 3.63) is 115 Å². The van der Waals surface area contributed by atoms with Crippen molar-refractivity contribution in [2.45, 2.75) is 6.04 Å². The Kier molecular flexibility index (Phi) is 5.75. The van der Waals surface area contributed by atoms with Crippen molar-refractivity contribution in [1.29, 1.82) is 0 Å². The van der Waals surface area contributed by atoms with Gasteiger partial charge in [-0.2, -0.15) is 5.10 Å². The number of carbonyl (C=O) groups is 1. The van der Waals surface area contributed by atoms with Crippen molar-refractivity contribution >= 4 is 16.9 Å². The van der Waals surface area contributed by atoms with Crippen LogP contribution in [0.15, 0.2) is 104 Å². The Morgan fingerprint density at radius 3 is 2.09 bits per heavy atom. The van der Waals surface area contributed by atoms with Crippen LogP contribution in [0.5, 0.6) is 5.88 Å². The van der Waals surface area contributed by atoms with Crippen LogP contribution in [0.2, 0.25) is 0 Å². The average Bonchev–Trinajstić information content (AvgIpc) is 3.32. The van der Waals surface area contributed by atoms with Gasteiger partial charge in [-0.3, -0.25) is 4.79 Å². The number of nitrogens with one attached hydrogen (secondary N) is 1. The van der Waals surface area contributed by atoms with Crippen LogP contribution in [-0.2, 0) is 4.79 Å². The van der Waals surface area contributed by atoms with Crippen LogP contribution in [-0.4, -0.2) is 32.3 Å². The van der Waals surface area contributed by atoms with E-state index in [1.54, 1.807) is 10.9 Å². The molecule has 0 saturated carbocycles. The number of fused-ring (bicyclic) bond motifs is 1. The summed E-state index contributed by atoms with van der Waals surface area (Å²) in [6, 6.07) is 29.1. The normalized spacial score (nSPS) is 10.9. The molecular weight excluding hydrogens is 414 g/mol. The van der Waals surface area contributed by atoms with Crippen molar-refractivity contribution in [3.8, 4) is 11.6 Å². The lowest BCUT2D eigenvalue weighted by Crippen LogP contribution is -2.33. The fourth-order valence-corrected chi connectivity index (χ4v) is 3.68. The molecular formula is C26H21N5O2. The minimum atomic E-state index is -0.283. The van der Waals surface area contributed by atoms with Gasteiger partial charge in [0.2, 0.25) is 5.88 Å². The summed E-state index contributed by atoms with van der Waals surface area (Å²) >= 11 is 0. The van der Waals surface area contributed by atoms with E-state index < -0.39 is 0 Å². The van der Waals surface area contributed by atoms with Crippen LogP contribution in [0.1, 0.15) is 17.2 Å². The molecule has 0 aliphatic rings. The third-order valence-corrected chi connectivity index (χ3v) is 5.24. The molecule has 162 valence electrons. The molecule has 5 aromatic rings. The van der Waals surface area contributed by atoms with Gasteiger partial charge in [-0.05, 0) is 23.3 Å². The van der Waals surface area contributed by atoms with E-state index in [-0.39, 0.29) is 18.6 Å². The summed E-state index contributed by atoms with van der Waals surface area (Å²) in [7, 11) is 0. The molecule has 5 rings (SSSR count). The van der Waals surface area contributed by atoms with Crippen LogP contribution < -0.4 is 10.1 Å². The first kappa shape index (κ1) is 20.4. The van der Waals surface area contributed by atoms with Crippen molar-refractivity contribution in [1.82, 2.24) is 25.1 Å². The molecule has 2 aromatic heterocycles. The molecule has 3 aromatic carbocycles. The zero-order valence-electron chi connectivity index (χ0n) is 17.7. The maximum Gasteiger partial charge on any atom is 0.258 e. The number of hydrogen-bond donors (Lipinski definition) is 1. The van der Waals surface area contributed by atoms with E-state index in [9.17, 15) is 4.79 Å². The average molecular weight is 435 g/mol. The summed E-state index contributed by atoms with van der Waals surface area (Å²) in [4.78, 5) is 21.4. The molecule has 0 bridgehead atoms. The minimum Gasteiger partial charge on any atom is -0.467 e. The molecule has 2 heterocycles. The standard InChI is InChI=1S/C26H21N5O2/c32-23(30-24(19-10-4-1-5-11-19)20-12-6-2-7-13-20)17-33-26-22-16-29-31(25(22)27-18-28-26)21-14-8-3-9-15-21/h1-16,18,24H,17H2,(H,30,32). The molecule has 0 aliphatic carbocycles. The van der Waals surface area contributed by atoms with Gasteiger partial charge in [-0.1, -0.05) is 78.9 Å². The van der Waals surface area contributed by atoms with Gasteiger partial charge >= 0.3 is 0 Å². The number of carbonyl (C=O) groups excluding carboxylic acids is 1. The van der Waals surface area contributed by atoms with E-state index in [1.807, 2.05) is 91.0 Å². The number of amides is 1. The SMILES string of the molecule is O=C(COc1ncnc2c1cnn2-c1ccccc1)NC(c1ccccc1)c1ccccc1. The second-order valence-electron chi connectivity index (χ2n) is 7.42. The Bertz CT molecular complexity index is 1320. The summed E-state index contributed by atoms with van der Waals surface area (Å²) in [5, 5.41) is 8.12. The lowest BCUT2D eigenvalue weighted by Gasteiger charge is -2.20. The van der Waals surface area contributed by atoms with Gasteiger partial charge < -0.3 is 10.1 Å². The maximum atomic E-state index is 12.8. The molecule has 7 nitrogen and oxygen atoms in total. The Morgan fingerprint density at radius 2 is 1.45 bits per heavy atom. The molecule has 33 heavy (non-hydrogen) atoms. The van der Waals surface area contributed by atoms with Crippen molar-refractivity contribution < 1.29 is 9.53 Å². The first-order valence-electron chi connectivity index (χ1n) is 10.6. The van der Waals surface area contributed by atoms with Crippen LogP contribution in [0.3, 0.4) is 0 Å². The van der Waals surface area contributed by atoms with Gasteiger partial charge in [0, 0.05) is 0 Å². The van der Waals surface area contributed by atoms with Gasteiger partial charge in [0.1, 0.15) is 11.7 Å². The van der Waals surface area contributed by atoms with Gasteiger partial charge in [0.25, 0.3) is 5.91 Å². The van der Waals surface area contributed by atoms with E-state index in [1.165, 1.54) is 6.33 Å². The Labute approximate surface area is 190 Å². The number of benzene rings is 3. The molecule has 0 fully saturated rings. The largest absolute Gasteiger partial charge is 0.467 e. The fourth-order valence-electron chi connectivity index (χ4n) is 3.68. The molecule has 0 aliphatic heterocycles. The van der Waals surface area contributed by atoms with E-state index in [0.717, 1.165) is 16.8 Å². The third-order valence-electron chi connectivity index (χ3n) is 5.24. The number of hydrogen-bond acceptors (Lipinski definition) is 5. The topological polar surface area (TPSA) is 81.9 Å². The summed E-state index contributed by atoms with van der Waals surface area (Å²) in [6.45, 7) is -0.182. The van der Waals surface area contributed by atoms with E-state index in [2.05, 4.69) is 20.4 Å². The number of nitrogens with zero attached hydrogens (tertiary/aromatic N) is 4. The summed E-state index contributed by atoms with van der Waals surface area (Å²) in [5.41, 5.74) is 3.47. The van der Waals surface area contributed by atoms with Gasteiger partial charge in [0.15, 0.2) is 12.3 Å². The number of rotatable bonds is 7. The van der Waals surface area contributed by atoms with Crippen molar-refractivity contribution in [2.24, 2.45) is 0 Å². The quantitative estimate of drug-likeness (QED) is 0.416. The Morgan fingerprint density at radius 1 is 0.848 bits per heavy atom. The molecule has 0 saturated heterocycles. The smallest absolute Gasteiger partial charge is 0.258 e. The summed E-state index contributed by atoms with van der Waals surface area (Å²) in [5.74, 6) is 0.0585. The first-order valence-corrected chi connectivity index (χ1v) is 10.6. The Balaban J connectivity index is 1.34. The zero-order valence-corrected chi connectivity index (χ0v) is 17.7. The van der Waals surface area contributed by atoms with Gasteiger partial charge in [0.05, 0.1) is 17.9 Å². The van der Waals surface area contributed by atoms with Crippen LogP contribution >= 0.6 is 0 Å². The van der Waals surface area contributed by atoms with Crippen molar-refractivity contribution in [3.63, 3.8) is 0 Å². The monoisotopic (exact) mass is 435 g/mol. The van der Waals surface area contributed by atoms with Crippen LogP contribution in [0, 0.1) is 0 Å². The number of ether oxygens (including phenoxy) is 1. The summed E-state index contributed by atoms with van der Waals surface area (Å²) < 4.78 is 7.50. The molecule has 0 atom stereocenters. The predicted molar refractivity (Wildman–Crippen MR) is 125 cm³/mol. The Hall–Kier alpha value is -4.52. The van der Waals surface area contributed by atoms with E-state index >= 15 is 0 Å². The molecule has 0 spiro atoms. The molecule has 1 N–H and O–H groups in total. The zero-order chi connectivity index (χ0) is 22.5. The lowest BCUT2D eigenvalue weighted by molar-refractivity contribution is -0.123. The highest BCUT2D eigenvalue weighted by molar-refractivity contribution is 5.82. The van der Waals surface area contributed by atoms with Gasteiger partial charge in [-0.25, -0.2) is 14.6 Å². The molecule has 1 amide bonds. The maximum absolute atomic E-state index is 12.8. The van der Waals surface area contributed by atoms with Crippen LogP contribution in [0.4, 0.5) is 0 Å².